The number of nitrogens with one attached hydrogen (secondary N) is 1. The number of hydrogen-bond acceptors (Lipinski definition) is 4. The van der Waals surface area contributed by atoms with E-state index in [4.69, 9.17) is 4.74 Å². The number of sulfone groups is 1. The fourth-order valence-corrected chi connectivity index (χ4v) is 2.37. The molecule has 0 aromatic carbocycles. The number of ether oxygens (including phenoxy) is 1. The van der Waals surface area contributed by atoms with Gasteiger partial charge in [0, 0.05) is 18.8 Å². The third-order valence-corrected chi connectivity index (χ3v) is 3.79. The van der Waals surface area contributed by atoms with Crippen molar-refractivity contribution >= 4 is 9.84 Å². The molecule has 0 saturated heterocycles. The Balaban J connectivity index is 1.91. The molecule has 0 atom stereocenters. The molecule has 1 aliphatic carbocycles. The molecule has 1 aliphatic rings. The lowest BCUT2D eigenvalue weighted by Crippen LogP contribution is -2.33. The Kier molecular flexibility index (Phi) is 6.31. The fraction of sp³-hybridized carbons (Fsp3) is 1.00. The van der Waals surface area contributed by atoms with Crippen LogP contribution in [0.1, 0.15) is 32.1 Å². The molecule has 0 aromatic rings. The molecule has 0 unspecified atom stereocenters. The Bertz CT molecular complexity index is 271. The van der Waals surface area contributed by atoms with Crippen LogP contribution in [0.5, 0.6) is 0 Å². The maximum absolute atomic E-state index is 10.8. The number of hydrogen-bond donors (Lipinski definition) is 1. The van der Waals surface area contributed by atoms with Crippen LogP contribution in [0.25, 0.3) is 0 Å². The summed E-state index contributed by atoms with van der Waals surface area (Å²) in [6.45, 7) is 1.74. The second-order valence-corrected chi connectivity index (χ2v) is 6.79. The van der Waals surface area contributed by atoms with Gasteiger partial charge in [0.15, 0.2) is 0 Å². The Hall–Kier alpha value is -0.130. The molecule has 0 amide bonds. The normalized spacial score (nSPS) is 18.8. The molecule has 1 rings (SSSR count). The molecule has 0 aliphatic heterocycles. The van der Waals surface area contributed by atoms with E-state index in [9.17, 15) is 8.42 Å². The quantitative estimate of drug-likeness (QED) is 0.683. The van der Waals surface area contributed by atoms with Crippen LogP contribution in [-0.4, -0.2) is 46.2 Å². The zero-order valence-corrected chi connectivity index (χ0v) is 10.9. The van der Waals surface area contributed by atoms with Gasteiger partial charge in [-0.1, -0.05) is 19.3 Å². The van der Waals surface area contributed by atoms with Crippen LogP contribution < -0.4 is 5.32 Å². The molecular formula is C11H23NO3S. The minimum Gasteiger partial charge on any atom is -0.379 e. The van der Waals surface area contributed by atoms with Gasteiger partial charge in [0.05, 0.1) is 19.0 Å². The van der Waals surface area contributed by atoms with Gasteiger partial charge in [-0.2, -0.15) is 0 Å². The van der Waals surface area contributed by atoms with Crippen molar-refractivity contribution in [1.82, 2.24) is 5.32 Å². The lowest BCUT2D eigenvalue weighted by molar-refractivity contribution is 0.146. The molecule has 1 fully saturated rings. The summed E-state index contributed by atoms with van der Waals surface area (Å²) in [5.41, 5.74) is 0. The third kappa shape index (κ3) is 7.19. The zero-order chi connectivity index (χ0) is 11.9. The molecule has 0 spiro atoms. The van der Waals surface area contributed by atoms with E-state index in [-0.39, 0.29) is 5.75 Å². The van der Waals surface area contributed by atoms with Crippen LogP contribution in [0.4, 0.5) is 0 Å². The maximum atomic E-state index is 10.8. The standard InChI is InChI=1S/C11H23NO3S/c1-16(13,14)10-9-15-8-7-12-11-5-3-2-4-6-11/h11-12H,2-10H2,1H3. The first-order valence-electron chi connectivity index (χ1n) is 6.07. The molecule has 0 aromatic heterocycles. The molecule has 0 radical (unpaired) electrons. The van der Waals surface area contributed by atoms with E-state index in [1.807, 2.05) is 0 Å². The van der Waals surface area contributed by atoms with E-state index in [0.29, 0.717) is 19.3 Å². The van der Waals surface area contributed by atoms with Crippen molar-refractivity contribution in [2.24, 2.45) is 0 Å². The summed E-state index contributed by atoms with van der Waals surface area (Å²) in [5, 5.41) is 3.44. The van der Waals surface area contributed by atoms with Gasteiger partial charge >= 0.3 is 0 Å². The van der Waals surface area contributed by atoms with Crippen molar-refractivity contribution in [3.8, 4) is 0 Å². The highest BCUT2D eigenvalue weighted by Crippen LogP contribution is 2.16. The van der Waals surface area contributed by atoms with E-state index in [0.717, 1.165) is 6.54 Å². The molecule has 16 heavy (non-hydrogen) atoms. The fourth-order valence-electron chi connectivity index (χ4n) is 1.95. The van der Waals surface area contributed by atoms with Gasteiger partial charge < -0.3 is 10.1 Å². The summed E-state index contributed by atoms with van der Waals surface area (Å²) >= 11 is 0. The second kappa shape index (κ2) is 7.25. The van der Waals surface area contributed by atoms with Crippen LogP contribution >= 0.6 is 0 Å². The van der Waals surface area contributed by atoms with Crippen molar-refractivity contribution in [3.63, 3.8) is 0 Å². The van der Waals surface area contributed by atoms with Crippen molar-refractivity contribution in [1.29, 1.82) is 0 Å². The van der Waals surface area contributed by atoms with E-state index in [1.165, 1.54) is 38.4 Å². The highest BCUT2D eigenvalue weighted by atomic mass is 32.2. The Labute approximate surface area is 98.7 Å². The first-order valence-corrected chi connectivity index (χ1v) is 8.13. The summed E-state index contributed by atoms with van der Waals surface area (Å²) < 4.78 is 26.9. The summed E-state index contributed by atoms with van der Waals surface area (Å²) in [7, 11) is -2.88. The largest absolute Gasteiger partial charge is 0.379 e. The van der Waals surface area contributed by atoms with Gasteiger partial charge in [0.1, 0.15) is 9.84 Å². The average molecular weight is 249 g/mol. The van der Waals surface area contributed by atoms with E-state index < -0.39 is 9.84 Å². The summed E-state index contributed by atoms with van der Waals surface area (Å²) in [4.78, 5) is 0. The lowest BCUT2D eigenvalue weighted by atomic mass is 9.96. The van der Waals surface area contributed by atoms with Crippen LogP contribution in [0.3, 0.4) is 0 Å². The van der Waals surface area contributed by atoms with Crippen molar-refractivity contribution in [2.75, 3.05) is 31.8 Å². The Morgan fingerprint density at radius 1 is 1.19 bits per heavy atom. The SMILES string of the molecule is CS(=O)(=O)CCOCCNC1CCCCC1. The average Bonchev–Trinajstić information content (AvgIpc) is 2.23. The molecular weight excluding hydrogens is 226 g/mol. The summed E-state index contributed by atoms with van der Waals surface area (Å²) in [6, 6.07) is 0.646. The topological polar surface area (TPSA) is 55.4 Å². The molecule has 4 nitrogen and oxygen atoms in total. The van der Waals surface area contributed by atoms with Crippen LogP contribution in [0.15, 0.2) is 0 Å². The summed E-state index contributed by atoms with van der Waals surface area (Å²) in [5.74, 6) is 0.121. The first-order chi connectivity index (χ1) is 7.58. The van der Waals surface area contributed by atoms with E-state index in [1.54, 1.807) is 0 Å². The Morgan fingerprint density at radius 3 is 2.50 bits per heavy atom. The van der Waals surface area contributed by atoms with Gasteiger partial charge in [-0.15, -0.1) is 0 Å². The minimum atomic E-state index is -2.88. The van der Waals surface area contributed by atoms with E-state index in [2.05, 4.69) is 5.32 Å². The van der Waals surface area contributed by atoms with Gasteiger partial charge in [-0.05, 0) is 12.8 Å². The van der Waals surface area contributed by atoms with Crippen molar-refractivity contribution in [3.05, 3.63) is 0 Å². The van der Waals surface area contributed by atoms with Gasteiger partial charge in [0.25, 0.3) is 0 Å². The molecule has 1 saturated carbocycles. The van der Waals surface area contributed by atoms with Gasteiger partial charge in [0.2, 0.25) is 0 Å². The van der Waals surface area contributed by atoms with Crippen LogP contribution in [0, 0.1) is 0 Å². The van der Waals surface area contributed by atoms with Gasteiger partial charge in [-0.3, -0.25) is 0 Å². The minimum absolute atomic E-state index is 0.121. The molecule has 0 heterocycles. The third-order valence-electron chi connectivity index (χ3n) is 2.88. The highest BCUT2D eigenvalue weighted by molar-refractivity contribution is 7.90. The first kappa shape index (κ1) is 13.9. The molecule has 1 N–H and O–H groups in total. The predicted octanol–water partition coefficient (Wildman–Crippen LogP) is 0.970. The smallest absolute Gasteiger partial charge is 0.149 e. The van der Waals surface area contributed by atoms with Crippen molar-refractivity contribution in [2.45, 2.75) is 38.1 Å². The molecule has 5 heteroatoms. The molecule has 0 bridgehead atoms. The Morgan fingerprint density at radius 2 is 1.88 bits per heavy atom. The summed E-state index contributed by atoms with van der Waals surface area (Å²) in [6.07, 6.45) is 7.78. The lowest BCUT2D eigenvalue weighted by Gasteiger charge is -2.22. The van der Waals surface area contributed by atoms with Crippen molar-refractivity contribution < 1.29 is 13.2 Å². The molecule has 96 valence electrons. The van der Waals surface area contributed by atoms with Gasteiger partial charge in [-0.25, -0.2) is 8.42 Å². The monoisotopic (exact) mass is 249 g/mol. The second-order valence-electron chi connectivity index (χ2n) is 4.53. The van der Waals surface area contributed by atoms with Crippen LogP contribution in [-0.2, 0) is 14.6 Å². The zero-order valence-electron chi connectivity index (χ0n) is 10.1. The highest BCUT2D eigenvalue weighted by Gasteiger charge is 2.11. The van der Waals surface area contributed by atoms with Crippen LogP contribution in [0.2, 0.25) is 0 Å². The van der Waals surface area contributed by atoms with E-state index >= 15 is 0 Å². The number of rotatable bonds is 7. The predicted molar refractivity (Wildman–Crippen MR) is 65.4 cm³/mol. The maximum Gasteiger partial charge on any atom is 0.149 e.